The highest BCUT2D eigenvalue weighted by Gasteiger charge is 2.39. The molecule has 0 spiro atoms. The number of nitrogens with zero attached hydrogens (tertiary/aromatic N) is 1. The Morgan fingerprint density at radius 3 is 2.72 bits per heavy atom. The van der Waals surface area contributed by atoms with Crippen molar-refractivity contribution in [2.75, 3.05) is 18.6 Å². The number of nitrogens with two attached hydrogens (primary N) is 1. The Bertz CT molecular complexity index is 556. The summed E-state index contributed by atoms with van der Waals surface area (Å²) in [5.74, 6) is -0.731. The van der Waals surface area contributed by atoms with Gasteiger partial charge in [-0.1, -0.05) is 6.92 Å². The minimum absolute atomic E-state index is 0.117. The van der Waals surface area contributed by atoms with Crippen LogP contribution in [0.1, 0.15) is 32.6 Å². The number of carbonyl (C=O) groups is 4. The van der Waals surface area contributed by atoms with Crippen molar-refractivity contribution in [1.82, 2.24) is 15.5 Å². The Balaban J connectivity index is 2.07. The van der Waals surface area contributed by atoms with Crippen LogP contribution in [0.15, 0.2) is 0 Å². The van der Waals surface area contributed by atoms with Gasteiger partial charge in [0.1, 0.15) is 18.1 Å². The van der Waals surface area contributed by atoms with Gasteiger partial charge in [0, 0.05) is 13.0 Å². The van der Waals surface area contributed by atoms with Crippen LogP contribution in [0.4, 0.5) is 0 Å². The molecule has 9 heteroatoms. The zero-order valence-electron chi connectivity index (χ0n) is 14.6. The highest BCUT2D eigenvalue weighted by Crippen LogP contribution is 2.20. The van der Waals surface area contributed by atoms with Crippen LogP contribution in [0, 0.1) is 5.92 Å². The van der Waals surface area contributed by atoms with Crippen molar-refractivity contribution in [2.45, 2.75) is 50.7 Å². The van der Waals surface area contributed by atoms with E-state index in [-0.39, 0.29) is 23.6 Å². The molecule has 0 radical (unpaired) electrons. The van der Waals surface area contributed by atoms with Gasteiger partial charge in [-0.2, -0.15) is 11.8 Å². The number of amides is 4. The summed E-state index contributed by atoms with van der Waals surface area (Å²) in [6.45, 7) is 2.29. The third kappa shape index (κ3) is 4.65. The Kier molecular flexibility index (Phi) is 6.69. The molecule has 2 heterocycles. The SMILES string of the molecule is CSCC[C@H](NC(=O)[C@H]1NC(=O)C[C@H]1C)C(=O)N1CCC[C@H]1C(N)=O. The molecule has 2 aliphatic heterocycles. The smallest absolute Gasteiger partial charge is 0.245 e. The number of primary amides is 1. The van der Waals surface area contributed by atoms with Crippen LogP contribution < -0.4 is 16.4 Å². The average molecular weight is 370 g/mol. The molecule has 8 nitrogen and oxygen atoms in total. The fraction of sp³-hybridized carbons (Fsp3) is 0.750. The molecule has 2 rings (SSSR count). The number of carbonyl (C=O) groups excluding carboxylic acids is 4. The summed E-state index contributed by atoms with van der Waals surface area (Å²) in [6, 6.07) is -1.95. The molecule has 4 atom stereocenters. The molecule has 140 valence electrons. The normalized spacial score (nSPS) is 27.0. The molecule has 0 aromatic carbocycles. The van der Waals surface area contributed by atoms with E-state index in [4.69, 9.17) is 5.73 Å². The molecule has 0 saturated carbocycles. The topological polar surface area (TPSA) is 122 Å². The lowest BCUT2D eigenvalue weighted by atomic mass is 10.0. The first-order valence-corrected chi connectivity index (χ1v) is 9.93. The van der Waals surface area contributed by atoms with Gasteiger partial charge in [0.05, 0.1) is 0 Å². The van der Waals surface area contributed by atoms with E-state index in [2.05, 4.69) is 10.6 Å². The van der Waals surface area contributed by atoms with Gasteiger partial charge in [-0.3, -0.25) is 19.2 Å². The second kappa shape index (κ2) is 8.55. The molecule has 2 fully saturated rings. The monoisotopic (exact) mass is 370 g/mol. The Morgan fingerprint density at radius 2 is 2.16 bits per heavy atom. The van der Waals surface area contributed by atoms with Crippen molar-refractivity contribution >= 4 is 35.4 Å². The van der Waals surface area contributed by atoms with Crippen LogP contribution in [0.25, 0.3) is 0 Å². The molecule has 0 aromatic heterocycles. The van der Waals surface area contributed by atoms with E-state index >= 15 is 0 Å². The molecule has 2 aliphatic rings. The van der Waals surface area contributed by atoms with Crippen LogP contribution in [-0.4, -0.2) is 65.2 Å². The first-order valence-electron chi connectivity index (χ1n) is 8.53. The fourth-order valence-electron chi connectivity index (χ4n) is 3.39. The van der Waals surface area contributed by atoms with Crippen LogP contribution in [0.3, 0.4) is 0 Å². The molecule has 2 saturated heterocycles. The Labute approximate surface area is 151 Å². The van der Waals surface area contributed by atoms with E-state index < -0.39 is 24.0 Å². The van der Waals surface area contributed by atoms with Crippen LogP contribution >= 0.6 is 11.8 Å². The maximum Gasteiger partial charge on any atom is 0.245 e. The molecular weight excluding hydrogens is 344 g/mol. The van der Waals surface area contributed by atoms with Gasteiger partial charge in [0.15, 0.2) is 0 Å². The van der Waals surface area contributed by atoms with Crippen molar-refractivity contribution in [3.63, 3.8) is 0 Å². The van der Waals surface area contributed by atoms with Gasteiger partial charge in [-0.25, -0.2) is 0 Å². The fourth-order valence-corrected chi connectivity index (χ4v) is 3.86. The molecule has 0 unspecified atom stereocenters. The van der Waals surface area contributed by atoms with Crippen LogP contribution in [0.5, 0.6) is 0 Å². The van der Waals surface area contributed by atoms with Crippen molar-refractivity contribution < 1.29 is 19.2 Å². The number of rotatable bonds is 7. The lowest BCUT2D eigenvalue weighted by Crippen LogP contribution is -2.56. The Hall–Kier alpha value is -1.77. The van der Waals surface area contributed by atoms with Crippen molar-refractivity contribution in [1.29, 1.82) is 0 Å². The van der Waals surface area contributed by atoms with E-state index in [9.17, 15) is 19.2 Å². The number of thioether (sulfide) groups is 1. The predicted octanol–water partition coefficient (Wildman–Crippen LogP) is -0.775. The standard InChI is InChI=1S/C16H26N4O4S/c1-9-8-12(21)19-13(9)15(23)18-10(5-7-25-2)16(24)20-6-3-4-11(20)14(17)22/h9-11,13H,3-8H2,1-2H3,(H2,17,22)(H,18,23)(H,19,21)/t9-,10+,11+,13+/m1/s1. The summed E-state index contributed by atoms with van der Waals surface area (Å²) in [6.07, 6.45) is 3.96. The predicted molar refractivity (Wildman–Crippen MR) is 94.6 cm³/mol. The highest BCUT2D eigenvalue weighted by atomic mass is 32.2. The van der Waals surface area contributed by atoms with E-state index in [1.807, 2.05) is 13.2 Å². The summed E-state index contributed by atoms with van der Waals surface area (Å²) < 4.78 is 0. The summed E-state index contributed by atoms with van der Waals surface area (Å²) in [5.41, 5.74) is 5.39. The first kappa shape index (κ1) is 19.6. The maximum absolute atomic E-state index is 12.9. The van der Waals surface area contributed by atoms with E-state index in [1.165, 1.54) is 4.90 Å². The number of hydrogen-bond donors (Lipinski definition) is 3. The lowest BCUT2D eigenvalue weighted by Gasteiger charge is -2.28. The molecule has 25 heavy (non-hydrogen) atoms. The van der Waals surface area contributed by atoms with E-state index in [0.29, 0.717) is 31.6 Å². The second-order valence-corrected chi connectivity index (χ2v) is 7.65. The third-order valence-corrected chi connectivity index (χ3v) is 5.41. The zero-order chi connectivity index (χ0) is 18.6. The van der Waals surface area contributed by atoms with Gasteiger partial charge >= 0.3 is 0 Å². The summed E-state index contributed by atoms with van der Waals surface area (Å²) in [4.78, 5) is 49.9. The van der Waals surface area contributed by atoms with Gasteiger partial charge < -0.3 is 21.3 Å². The zero-order valence-corrected chi connectivity index (χ0v) is 15.4. The van der Waals surface area contributed by atoms with Crippen LogP contribution in [-0.2, 0) is 19.2 Å². The Morgan fingerprint density at radius 1 is 1.44 bits per heavy atom. The summed E-state index contributed by atoms with van der Waals surface area (Å²) in [7, 11) is 0. The van der Waals surface area contributed by atoms with E-state index in [1.54, 1.807) is 11.8 Å². The largest absolute Gasteiger partial charge is 0.368 e. The number of hydrogen-bond acceptors (Lipinski definition) is 5. The quantitative estimate of drug-likeness (QED) is 0.543. The highest BCUT2D eigenvalue weighted by molar-refractivity contribution is 7.98. The molecule has 0 aromatic rings. The molecule has 0 bridgehead atoms. The van der Waals surface area contributed by atoms with Gasteiger partial charge in [-0.05, 0) is 37.2 Å². The minimum atomic E-state index is -0.718. The lowest BCUT2D eigenvalue weighted by molar-refractivity contribution is -0.141. The molecule has 4 amide bonds. The van der Waals surface area contributed by atoms with Crippen molar-refractivity contribution in [3.05, 3.63) is 0 Å². The summed E-state index contributed by atoms with van der Waals surface area (Å²) >= 11 is 1.57. The van der Waals surface area contributed by atoms with Crippen molar-refractivity contribution in [2.24, 2.45) is 11.7 Å². The molecule has 0 aliphatic carbocycles. The number of nitrogens with one attached hydrogen (secondary N) is 2. The van der Waals surface area contributed by atoms with Gasteiger partial charge in [0.25, 0.3) is 0 Å². The molecule has 4 N–H and O–H groups in total. The van der Waals surface area contributed by atoms with Crippen molar-refractivity contribution in [3.8, 4) is 0 Å². The second-order valence-electron chi connectivity index (χ2n) is 6.66. The molecular formula is C16H26N4O4S. The summed E-state index contributed by atoms with van der Waals surface area (Å²) in [5, 5.41) is 5.42. The first-order chi connectivity index (χ1) is 11.8. The minimum Gasteiger partial charge on any atom is -0.368 e. The third-order valence-electron chi connectivity index (χ3n) is 4.76. The average Bonchev–Trinajstić information content (AvgIpc) is 3.17. The number of likely N-dealkylation sites (tertiary alicyclic amines) is 1. The van der Waals surface area contributed by atoms with Gasteiger partial charge in [0.2, 0.25) is 23.6 Å². The van der Waals surface area contributed by atoms with Gasteiger partial charge in [-0.15, -0.1) is 0 Å². The van der Waals surface area contributed by atoms with E-state index in [0.717, 1.165) is 6.42 Å². The maximum atomic E-state index is 12.9. The van der Waals surface area contributed by atoms with Crippen LogP contribution in [0.2, 0.25) is 0 Å².